The third-order valence-corrected chi connectivity index (χ3v) is 10.00. The Kier molecular flexibility index (Phi) is 9.02. The molecule has 0 aliphatic heterocycles. The van der Waals surface area contributed by atoms with Crippen molar-refractivity contribution < 1.29 is 61.4 Å². The van der Waals surface area contributed by atoms with Crippen molar-refractivity contribution in [3.05, 3.63) is 54.6 Å². The predicted octanol–water partition coefficient (Wildman–Crippen LogP) is 3.16. The van der Waals surface area contributed by atoms with Crippen molar-refractivity contribution in [2.75, 3.05) is 17.7 Å². The lowest BCUT2D eigenvalue weighted by molar-refractivity contribution is -0.114. The molecule has 21 heteroatoms. The third kappa shape index (κ3) is 7.59. The van der Waals surface area contributed by atoms with E-state index >= 15 is 0 Å². The molecule has 0 atom stereocenters. The van der Waals surface area contributed by atoms with Crippen LogP contribution in [0.25, 0.3) is 21.5 Å². The molecule has 0 saturated carbocycles. The highest BCUT2D eigenvalue weighted by atomic mass is 32.3. The van der Waals surface area contributed by atoms with Crippen molar-refractivity contribution in [2.45, 2.75) is 21.6 Å². The maximum absolute atomic E-state index is 13.1. The molecule has 0 aliphatic rings. The minimum Gasteiger partial charge on any atom is -0.505 e. The number of aromatic hydroxyl groups is 1. The van der Waals surface area contributed by atoms with Crippen LogP contribution >= 0.6 is 0 Å². The summed E-state index contributed by atoms with van der Waals surface area (Å²) in [5.74, 6) is -2.35. The molecule has 1 amide bonds. The van der Waals surface area contributed by atoms with Crippen LogP contribution in [0.15, 0.2) is 79.5 Å². The minimum absolute atomic E-state index is 0.0283. The Labute approximate surface area is 255 Å². The fourth-order valence-electron chi connectivity index (χ4n) is 4.29. The van der Waals surface area contributed by atoms with Crippen LogP contribution in [0.5, 0.6) is 5.75 Å². The van der Waals surface area contributed by atoms with Gasteiger partial charge in [0.15, 0.2) is 15.6 Å². The van der Waals surface area contributed by atoms with Crippen LogP contribution in [0, 0.1) is 0 Å². The number of hydrogen-bond acceptors (Lipinski definition) is 13. The number of amides is 1. The Morgan fingerprint density at radius 1 is 0.822 bits per heavy atom. The van der Waals surface area contributed by atoms with Crippen LogP contribution in [-0.2, 0) is 49.5 Å². The normalized spacial score (nSPS) is 13.1. The number of nitrogens with zero attached hydrogens (tertiary/aromatic N) is 2. The van der Waals surface area contributed by atoms with Crippen molar-refractivity contribution >= 4 is 85.0 Å². The summed E-state index contributed by atoms with van der Waals surface area (Å²) >= 11 is 0. The molecule has 5 N–H and O–H groups in total. The number of fused-ring (bicyclic) bond motifs is 2. The summed E-state index contributed by atoms with van der Waals surface area (Å²) < 4.78 is 130. The van der Waals surface area contributed by atoms with E-state index in [0.29, 0.717) is 0 Å². The summed E-state index contributed by atoms with van der Waals surface area (Å²) in [7, 11) is -20.0. The van der Waals surface area contributed by atoms with E-state index in [0.717, 1.165) is 18.2 Å². The lowest BCUT2D eigenvalue weighted by atomic mass is 10.1. The average molecular weight is 704 g/mol. The van der Waals surface area contributed by atoms with E-state index in [9.17, 15) is 52.7 Å². The van der Waals surface area contributed by atoms with Gasteiger partial charge in [-0.2, -0.15) is 25.3 Å². The number of anilines is 1. The van der Waals surface area contributed by atoms with E-state index in [1.807, 2.05) is 0 Å². The Hall–Kier alpha value is -4.09. The number of carbonyl (C=O) groups excluding carboxylic acids is 1. The van der Waals surface area contributed by atoms with E-state index in [2.05, 4.69) is 19.7 Å². The zero-order valence-electron chi connectivity index (χ0n) is 22.5. The molecule has 4 rings (SSSR count). The second kappa shape index (κ2) is 12.0. The fourth-order valence-corrected chi connectivity index (χ4v) is 7.61. The Morgan fingerprint density at radius 2 is 1.51 bits per heavy atom. The van der Waals surface area contributed by atoms with Gasteiger partial charge in [0.25, 0.3) is 20.2 Å². The number of phenols is 1. The Balaban J connectivity index is 1.95. The molecule has 45 heavy (non-hydrogen) atoms. The third-order valence-electron chi connectivity index (χ3n) is 6.02. The smallest absolute Gasteiger partial charge is 0.397 e. The predicted molar refractivity (Wildman–Crippen MR) is 157 cm³/mol. The average Bonchev–Trinajstić information content (AvgIpc) is 2.89. The zero-order valence-corrected chi connectivity index (χ0v) is 25.8. The molecule has 0 aliphatic carbocycles. The number of rotatable bonds is 10. The van der Waals surface area contributed by atoms with Gasteiger partial charge in [0, 0.05) is 23.4 Å². The van der Waals surface area contributed by atoms with Crippen LogP contribution in [0.4, 0.5) is 17.1 Å². The molecule has 0 heterocycles. The second-order valence-electron chi connectivity index (χ2n) is 9.18. The van der Waals surface area contributed by atoms with Crippen LogP contribution in [-0.4, -0.2) is 70.7 Å². The van der Waals surface area contributed by atoms with Gasteiger partial charge >= 0.3 is 10.4 Å². The topological polar surface area (TPSA) is 281 Å². The highest BCUT2D eigenvalue weighted by Crippen LogP contribution is 2.43. The highest BCUT2D eigenvalue weighted by molar-refractivity contribution is 7.92. The van der Waals surface area contributed by atoms with Gasteiger partial charge in [0.05, 0.1) is 17.3 Å². The first-order chi connectivity index (χ1) is 20.7. The molecular weight excluding hydrogens is 683 g/mol. The van der Waals surface area contributed by atoms with E-state index in [1.165, 1.54) is 43.3 Å². The summed E-state index contributed by atoms with van der Waals surface area (Å²) in [5, 5.41) is 20.0. The second-order valence-corrected chi connectivity index (χ2v) is 15.1. The van der Waals surface area contributed by atoms with Crippen LogP contribution in [0.3, 0.4) is 0 Å². The maximum Gasteiger partial charge on any atom is 0.397 e. The van der Waals surface area contributed by atoms with E-state index < -0.39 is 95.9 Å². The van der Waals surface area contributed by atoms with Gasteiger partial charge < -0.3 is 10.4 Å². The largest absolute Gasteiger partial charge is 0.505 e. The fraction of sp³-hybridized carbons (Fsp3) is 0.125. The first kappa shape index (κ1) is 33.8. The van der Waals surface area contributed by atoms with Gasteiger partial charge in [0.2, 0.25) is 5.91 Å². The van der Waals surface area contributed by atoms with Crippen LogP contribution in [0.1, 0.15) is 6.92 Å². The van der Waals surface area contributed by atoms with Gasteiger partial charge in [-0.1, -0.05) is 18.2 Å². The van der Waals surface area contributed by atoms with E-state index in [1.54, 1.807) is 0 Å². The molecule has 0 saturated heterocycles. The Bertz CT molecular complexity index is 2360. The molecule has 0 fully saturated rings. The van der Waals surface area contributed by atoms with Gasteiger partial charge in [-0.05, 0) is 47.2 Å². The summed E-state index contributed by atoms with van der Waals surface area (Å²) in [6, 6.07) is 10.4. The van der Waals surface area contributed by atoms with Crippen molar-refractivity contribution in [1.82, 2.24) is 0 Å². The first-order valence-corrected chi connectivity index (χ1v) is 17.9. The van der Waals surface area contributed by atoms with Crippen molar-refractivity contribution in [3.8, 4) is 5.75 Å². The number of nitrogens with one attached hydrogen (secondary N) is 1. The number of azo groups is 1. The summed E-state index contributed by atoms with van der Waals surface area (Å²) in [5.41, 5.74) is -1.38. The molecular formula is C24H21N3O14S4. The van der Waals surface area contributed by atoms with Crippen molar-refractivity contribution in [1.29, 1.82) is 0 Å². The van der Waals surface area contributed by atoms with Crippen molar-refractivity contribution in [3.63, 3.8) is 0 Å². The number of hydrogen-bond donors (Lipinski definition) is 5. The summed E-state index contributed by atoms with van der Waals surface area (Å²) in [6.07, 6.45) is 0. The summed E-state index contributed by atoms with van der Waals surface area (Å²) in [4.78, 5) is 8.60. The van der Waals surface area contributed by atoms with Crippen molar-refractivity contribution in [2.24, 2.45) is 10.2 Å². The van der Waals surface area contributed by atoms with E-state index in [4.69, 9.17) is 4.55 Å². The molecule has 240 valence electrons. The molecule has 4 aromatic rings. The quantitative estimate of drug-likeness (QED) is 0.117. The van der Waals surface area contributed by atoms with E-state index in [-0.39, 0.29) is 21.8 Å². The zero-order chi connectivity index (χ0) is 33.5. The first-order valence-electron chi connectivity index (χ1n) is 12.0. The lowest BCUT2D eigenvalue weighted by Gasteiger charge is -2.13. The summed E-state index contributed by atoms with van der Waals surface area (Å²) in [6.45, 7) is 0.170. The lowest BCUT2D eigenvalue weighted by Crippen LogP contribution is -2.16. The SMILES string of the molecule is CC(=O)Nc1ccc2c(O)c(N=Nc3ccc4cccc(S(=O)(=O)CCOS(=O)(=O)O)c4c3S(=O)(=O)O)c(S(=O)(=O)O)cc2c1. The highest BCUT2D eigenvalue weighted by Gasteiger charge is 2.28. The van der Waals surface area contributed by atoms with Gasteiger partial charge in [0.1, 0.15) is 21.2 Å². The number of carbonyl (C=O) groups is 1. The maximum atomic E-state index is 13.1. The molecule has 17 nitrogen and oxygen atoms in total. The molecule has 0 bridgehead atoms. The van der Waals surface area contributed by atoms with Gasteiger partial charge in [-0.3, -0.25) is 18.5 Å². The number of sulfone groups is 1. The minimum atomic E-state index is -5.34. The standard InChI is InChI=1S/C24H21N3O14S4/c1-13(28)25-16-6-7-17-15(11-16)12-20(43(32,33)34)22(23(17)29)27-26-18-8-5-14-3-2-4-19(21(14)24(18)44(35,36)37)42(30,31)10-9-41-45(38,39)40/h2-8,11-12,29H,9-10H2,1H3,(H,25,28)(H,32,33,34)(H,35,36,37)(H,38,39,40). The molecule has 0 radical (unpaired) electrons. The van der Waals surface area contributed by atoms with Gasteiger partial charge in [-0.15, -0.1) is 10.2 Å². The monoisotopic (exact) mass is 703 g/mol. The van der Waals surface area contributed by atoms with Crippen LogP contribution < -0.4 is 5.32 Å². The number of phenolic OH excluding ortho intramolecular Hbond substituents is 1. The molecule has 0 spiro atoms. The molecule has 0 unspecified atom stereocenters. The Morgan fingerprint density at radius 3 is 2.11 bits per heavy atom. The molecule has 4 aromatic carbocycles. The van der Waals surface area contributed by atoms with Gasteiger partial charge in [-0.25, -0.2) is 12.6 Å². The number of benzene rings is 4. The van der Waals surface area contributed by atoms with Crippen LogP contribution in [0.2, 0.25) is 0 Å². The molecule has 0 aromatic heterocycles.